The lowest BCUT2D eigenvalue weighted by Gasteiger charge is -2.40. The van der Waals surface area contributed by atoms with Crippen LogP contribution >= 0.6 is 11.8 Å². The third-order valence-electron chi connectivity index (χ3n) is 7.30. The zero-order valence-corrected chi connectivity index (χ0v) is 26.7. The van der Waals surface area contributed by atoms with Gasteiger partial charge >= 0.3 is 6.09 Å². The quantitative estimate of drug-likeness (QED) is 0.287. The van der Waals surface area contributed by atoms with Gasteiger partial charge < -0.3 is 25.0 Å². The van der Waals surface area contributed by atoms with E-state index in [-0.39, 0.29) is 11.4 Å². The first kappa shape index (κ1) is 31.0. The summed E-state index contributed by atoms with van der Waals surface area (Å²) in [5.41, 5.74) is 1.66. The van der Waals surface area contributed by atoms with E-state index in [2.05, 4.69) is 20.5 Å². The van der Waals surface area contributed by atoms with Crippen LogP contribution in [-0.4, -0.2) is 75.1 Å². The van der Waals surface area contributed by atoms with Crippen molar-refractivity contribution in [1.29, 1.82) is 0 Å². The second-order valence-electron chi connectivity index (χ2n) is 11.9. The molecule has 2 amide bonds. The molecule has 0 spiro atoms. The summed E-state index contributed by atoms with van der Waals surface area (Å²) in [6.45, 7) is 9.44. The maximum Gasteiger partial charge on any atom is 0.408 e. The first-order valence-electron chi connectivity index (χ1n) is 14.4. The van der Waals surface area contributed by atoms with Gasteiger partial charge in [0.15, 0.2) is 10.7 Å². The number of ether oxygens (including phenoxy) is 2. The van der Waals surface area contributed by atoms with Crippen LogP contribution in [-0.2, 0) is 11.3 Å². The minimum Gasteiger partial charge on any atom is -0.497 e. The molecule has 5 rings (SSSR count). The predicted molar refractivity (Wildman–Crippen MR) is 168 cm³/mol. The van der Waals surface area contributed by atoms with Gasteiger partial charge in [-0.15, -0.1) is 0 Å². The number of piperidine rings is 1. The Kier molecular flexibility index (Phi) is 8.95. The Morgan fingerprint density at radius 3 is 2.48 bits per heavy atom. The van der Waals surface area contributed by atoms with E-state index >= 15 is 0 Å². The Morgan fingerprint density at radius 1 is 1.09 bits per heavy atom. The fraction of sp³-hybridized carbons (Fsp3) is 0.419. The van der Waals surface area contributed by atoms with Crippen LogP contribution in [0.2, 0.25) is 0 Å². The number of methoxy groups -OCH3 is 1. The highest BCUT2D eigenvalue weighted by Gasteiger charge is 2.34. The topological polar surface area (TPSA) is 136 Å². The minimum absolute atomic E-state index is 0.276. The van der Waals surface area contributed by atoms with Gasteiger partial charge in [-0.25, -0.2) is 24.4 Å². The first-order valence-corrected chi connectivity index (χ1v) is 15.3. The first-order chi connectivity index (χ1) is 21.0. The van der Waals surface area contributed by atoms with E-state index in [1.54, 1.807) is 32.6 Å². The molecule has 1 aliphatic rings. The number of pyridine rings is 1. The highest BCUT2D eigenvalue weighted by Crippen LogP contribution is 2.34. The van der Waals surface area contributed by atoms with Crippen LogP contribution in [0.5, 0.6) is 5.75 Å². The summed E-state index contributed by atoms with van der Waals surface area (Å²) in [6, 6.07) is 11.4. The lowest BCUT2D eigenvalue weighted by Crippen LogP contribution is -2.54. The molecule has 0 radical (unpaired) electrons. The number of carbonyl (C=O) groups is 2. The Hall–Kier alpha value is -4.39. The second kappa shape index (κ2) is 12.7. The molecular weight excluding hydrogens is 580 g/mol. The molecule has 13 heteroatoms. The van der Waals surface area contributed by atoms with Crippen molar-refractivity contribution in [3.8, 4) is 5.75 Å². The van der Waals surface area contributed by atoms with Crippen LogP contribution in [0, 0.1) is 0 Å². The van der Waals surface area contributed by atoms with Crippen molar-refractivity contribution in [2.75, 3.05) is 32.1 Å². The molecule has 0 atom stereocenters. The van der Waals surface area contributed by atoms with E-state index in [1.807, 2.05) is 62.7 Å². The summed E-state index contributed by atoms with van der Waals surface area (Å²) in [6.07, 6.45) is 4.39. The van der Waals surface area contributed by atoms with Crippen molar-refractivity contribution in [2.45, 2.75) is 68.1 Å². The zero-order valence-electron chi connectivity index (χ0n) is 25.9. The molecular formula is C31H38N8O4S. The van der Waals surface area contributed by atoms with Gasteiger partial charge in [-0.1, -0.05) is 23.9 Å². The second-order valence-corrected chi connectivity index (χ2v) is 12.9. The Bertz CT molecular complexity index is 1640. The minimum atomic E-state index is -0.556. The molecule has 0 saturated carbocycles. The Morgan fingerprint density at radius 2 is 1.82 bits per heavy atom. The van der Waals surface area contributed by atoms with Crippen LogP contribution in [0.15, 0.2) is 58.7 Å². The average Bonchev–Trinajstić information content (AvgIpc) is 3.32. The van der Waals surface area contributed by atoms with E-state index in [0.29, 0.717) is 46.4 Å². The molecule has 12 nitrogen and oxygen atoms in total. The maximum absolute atomic E-state index is 12.5. The van der Waals surface area contributed by atoms with Gasteiger partial charge in [0, 0.05) is 36.8 Å². The molecule has 0 aliphatic carbocycles. The summed E-state index contributed by atoms with van der Waals surface area (Å²) < 4.78 is 12.6. The van der Waals surface area contributed by atoms with Gasteiger partial charge in [0.2, 0.25) is 0 Å². The molecule has 44 heavy (non-hydrogen) atoms. The van der Waals surface area contributed by atoms with Gasteiger partial charge in [-0.05, 0) is 70.4 Å². The lowest BCUT2D eigenvalue weighted by atomic mass is 9.90. The highest BCUT2D eigenvalue weighted by atomic mass is 32.2. The fourth-order valence-electron chi connectivity index (χ4n) is 4.91. The number of carbonyl (C=O) groups excluding carboxylic acids is 2. The summed E-state index contributed by atoms with van der Waals surface area (Å²) in [4.78, 5) is 41.9. The number of nitrogens with zero attached hydrogens (tertiary/aromatic N) is 6. The maximum atomic E-state index is 12.5. The SMILES string of the molecule is CNC(=O)c1ncccc1Sc1nn(Cc2ccc(OC)cc2)c2nc(N3CCC(C)(NC(=O)OC(C)(C)C)CC3)cnc12. The molecule has 0 bridgehead atoms. The van der Waals surface area contributed by atoms with E-state index in [4.69, 9.17) is 24.5 Å². The van der Waals surface area contributed by atoms with E-state index in [1.165, 1.54) is 11.8 Å². The van der Waals surface area contributed by atoms with Gasteiger partial charge in [-0.3, -0.25) is 4.79 Å². The highest BCUT2D eigenvalue weighted by molar-refractivity contribution is 7.99. The van der Waals surface area contributed by atoms with Crippen LogP contribution < -0.4 is 20.3 Å². The molecule has 3 aromatic heterocycles. The number of hydrogen-bond donors (Lipinski definition) is 2. The van der Waals surface area contributed by atoms with Crippen molar-refractivity contribution in [3.63, 3.8) is 0 Å². The van der Waals surface area contributed by atoms with Gasteiger partial charge in [0.05, 0.1) is 19.9 Å². The average molecular weight is 619 g/mol. The summed E-state index contributed by atoms with van der Waals surface area (Å²) in [7, 11) is 3.22. The number of nitrogens with one attached hydrogen (secondary N) is 2. The van der Waals surface area contributed by atoms with Gasteiger partial charge in [-0.2, -0.15) is 5.10 Å². The zero-order chi connectivity index (χ0) is 31.5. The molecule has 0 unspecified atom stereocenters. The lowest BCUT2D eigenvalue weighted by molar-refractivity contribution is 0.0448. The van der Waals surface area contributed by atoms with Crippen LogP contribution in [0.1, 0.15) is 56.6 Å². The van der Waals surface area contributed by atoms with Crippen molar-refractivity contribution in [2.24, 2.45) is 0 Å². The molecule has 4 heterocycles. The molecule has 1 fully saturated rings. The largest absolute Gasteiger partial charge is 0.497 e. The third-order valence-corrected chi connectivity index (χ3v) is 8.32. The number of rotatable bonds is 8. The Balaban J connectivity index is 1.43. The summed E-state index contributed by atoms with van der Waals surface area (Å²) in [5.74, 6) is 1.23. The smallest absolute Gasteiger partial charge is 0.408 e. The monoisotopic (exact) mass is 618 g/mol. The van der Waals surface area contributed by atoms with E-state index in [9.17, 15) is 9.59 Å². The van der Waals surface area contributed by atoms with Crippen molar-refractivity contribution in [3.05, 3.63) is 60.0 Å². The normalized spacial score (nSPS) is 14.7. The molecule has 1 aromatic carbocycles. The van der Waals surface area contributed by atoms with E-state index in [0.717, 1.165) is 30.0 Å². The third kappa shape index (κ3) is 7.21. The molecule has 232 valence electrons. The predicted octanol–water partition coefficient (Wildman–Crippen LogP) is 4.67. The number of hydrogen-bond acceptors (Lipinski definition) is 10. The fourth-order valence-corrected chi connectivity index (χ4v) is 5.89. The number of fused-ring (bicyclic) bond motifs is 1. The van der Waals surface area contributed by atoms with Crippen LogP contribution in [0.3, 0.4) is 0 Å². The standard InChI is InChI=1S/C31H38N8O4S/c1-30(2,3)43-29(41)36-31(4)13-16-38(17-14-31)23-18-34-25-26(35-23)39(19-20-9-11-21(42-6)12-10-20)37-28(25)44-22-8-7-15-33-24(22)27(40)32-5/h7-12,15,18H,13-14,16-17,19H2,1-6H3,(H,32,40)(H,36,41). The van der Waals surface area contributed by atoms with E-state index < -0.39 is 11.7 Å². The van der Waals surface area contributed by atoms with Crippen molar-refractivity contribution >= 4 is 40.7 Å². The summed E-state index contributed by atoms with van der Waals surface area (Å²) >= 11 is 1.33. The number of aromatic nitrogens is 5. The van der Waals surface area contributed by atoms with Crippen molar-refractivity contribution in [1.82, 2.24) is 35.4 Å². The van der Waals surface area contributed by atoms with Crippen LogP contribution in [0.4, 0.5) is 10.6 Å². The number of alkyl carbamates (subject to hydrolysis) is 1. The molecule has 4 aromatic rings. The number of amides is 2. The molecule has 1 aliphatic heterocycles. The van der Waals surface area contributed by atoms with Crippen molar-refractivity contribution < 1.29 is 19.1 Å². The Labute approximate surface area is 260 Å². The summed E-state index contributed by atoms with van der Waals surface area (Å²) in [5, 5.41) is 11.2. The van der Waals surface area contributed by atoms with Crippen LogP contribution in [0.25, 0.3) is 11.2 Å². The molecule has 2 N–H and O–H groups in total. The number of anilines is 1. The molecule has 1 saturated heterocycles. The van der Waals surface area contributed by atoms with Gasteiger partial charge in [0.1, 0.15) is 28.4 Å². The van der Waals surface area contributed by atoms with Gasteiger partial charge in [0.25, 0.3) is 5.91 Å². The number of benzene rings is 1.